The number of fused-ring (bicyclic) bond motifs is 1. The molecular formula is C18H19N5O3. The SMILES string of the molecule is COc1cc(-c2nc(N3CCC3)n3ccnc(C)c23)ccc1NC(=O)O. The molecule has 0 atom stereocenters. The van der Waals surface area contributed by atoms with Gasteiger partial charge in [-0.2, -0.15) is 0 Å². The van der Waals surface area contributed by atoms with Crippen molar-refractivity contribution in [3.8, 4) is 17.0 Å². The zero-order valence-electron chi connectivity index (χ0n) is 14.6. The summed E-state index contributed by atoms with van der Waals surface area (Å²) in [6.45, 7) is 3.94. The summed E-state index contributed by atoms with van der Waals surface area (Å²) < 4.78 is 7.41. The van der Waals surface area contributed by atoms with Crippen molar-refractivity contribution in [3.05, 3.63) is 36.3 Å². The molecule has 134 valence electrons. The van der Waals surface area contributed by atoms with E-state index in [1.54, 1.807) is 18.3 Å². The van der Waals surface area contributed by atoms with Gasteiger partial charge in [0, 0.05) is 31.0 Å². The standard InChI is InChI=1S/C18H19N5O3/c1-11-16-15(12-4-5-13(20-18(24)25)14(10-12)26-2)21-17(22-7-3-8-22)23(16)9-6-19-11/h4-6,9-10,20H,3,7-8H2,1-2H3,(H,24,25). The van der Waals surface area contributed by atoms with Gasteiger partial charge in [-0.05, 0) is 25.5 Å². The zero-order valence-corrected chi connectivity index (χ0v) is 14.6. The molecule has 0 bridgehead atoms. The molecule has 1 saturated heterocycles. The summed E-state index contributed by atoms with van der Waals surface area (Å²) in [5.74, 6) is 1.34. The molecular weight excluding hydrogens is 334 g/mol. The monoisotopic (exact) mass is 353 g/mol. The fraction of sp³-hybridized carbons (Fsp3) is 0.278. The Kier molecular flexibility index (Phi) is 3.87. The van der Waals surface area contributed by atoms with Crippen LogP contribution in [0.1, 0.15) is 12.1 Å². The van der Waals surface area contributed by atoms with Gasteiger partial charge in [-0.1, -0.05) is 6.07 Å². The molecule has 4 rings (SSSR count). The van der Waals surface area contributed by atoms with E-state index in [0.29, 0.717) is 11.4 Å². The van der Waals surface area contributed by atoms with Crippen LogP contribution in [0.2, 0.25) is 0 Å². The highest BCUT2D eigenvalue weighted by Crippen LogP contribution is 2.35. The van der Waals surface area contributed by atoms with E-state index < -0.39 is 6.09 Å². The lowest BCUT2D eigenvalue weighted by atomic mass is 10.1. The molecule has 1 aromatic carbocycles. The highest BCUT2D eigenvalue weighted by atomic mass is 16.5. The Labute approximate surface area is 150 Å². The maximum Gasteiger partial charge on any atom is 0.409 e. The summed E-state index contributed by atoms with van der Waals surface area (Å²) in [5, 5.41) is 11.3. The van der Waals surface area contributed by atoms with Crippen molar-refractivity contribution < 1.29 is 14.6 Å². The number of hydrogen-bond acceptors (Lipinski definition) is 5. The number of nitrogens with one attached hydrogen (secondary N) is 1. The van der Waals surface area contributed by atoms with Crippen LogP contribution in [0.3, 0.4) is 0 Å². The highest BCUT2D eigenvalue weighted by Gasteiger charge is 2.23. The van der Waals surface area contributed by atoms with E-state index in [0.717, 1.165) is 47.9 Å². The summed E-state index contributed by atoms with van der Waals surface area (Å²) >= 11 is 0. The Morgan fingerprint density at radius 2 is 2.15 bits per heavy atom. The van der Waals surface area contributed by atoms with E-state index in [2.05, 4.69) is 19.6 Å². The molecule has 0 aliphatic carbocycles. The van der Waals surface area contributed by atoms with Crippen molar-refractivity contribution in [2.24, 2.45) is 0 Å². The second-order valence-electron chi connectivity index (χ2n) is 6.18. The second kappa shape index (κ2) is 6.21. The minimum Gasteiger partial charge on any atom is -0.495 e. The minimum absolute atomic E-state index is 0.394. The first-order valence-electron chi connectivity index (χ1n) is 8.35. The molecule has 3 heterocycles. The lowest BCUT2D eigenvalue weighted by Crippen LogP contribution is -2.38. The summed E-state index contributed by atoms with van der Waals surface area (Å²) in [7, 11) is 1.51. The van der Waals surface area contributed by atoms with E-state index in [1.165, 1.54) is 7.11 Å². The number of ether oxygens (including phenoxy) is 1. The Balaban J connectivity index is 1.87. The number of benzene rings is 1. The normalized spacial score (nSPS) is 13.5. The number of carbonyl (C=O) groups is 1. The van der Waals surface area contributed by atoms with E-state index in [4.69, 9.17) is 14.8 Å². The van der Waals surface area contributed by atoms with Crippen LogP contribution in [0.4, 0.5) is 16.4 Å². The van der Waals surface area contributed by atoms with Crippen LogP contribution in [0, 0.1) is 6.92 Å². The fourth-order valence-electron chi connectivity index (χ4n) is 3.18. The molecule has 2 N–H and O–H groups in total. The summed E-state index contributed by atoms with van der Waals surface area (Å²) in [6.07, 6.45) is 3.72. The van der Waals surface area contributed by atoms with Crippen LogP contribution in [0.25, 0.3) is 16.8 Å². The number of aryl methyl sites for hydroxylation is 1. The zero-order chi connectivity index (χ0) is 18.3. The molecule has 8 heteroatoms. The fourth-order valence-corrected chi connectivity index (χ4v) is 3.18. The molecule has 3 aromatic rings. The van der Waals surface area contributed by atoms with Crippen molar-refractivity contribution in [3.63, 3.8) is 0 Å². The predicted molar refractivity (Wildman–Crippen MR) is 98.2 cm³/mol. The van der Waals surface area contributed by atoms with Crippen molar-refractivity contribution >= 4 is 23.2 Å². The van der Waals surface area contributed by atoms with Gasteiger partial charge < -0.3 is 14.7 Å². The second-order valence-corrected chi connectivity index (χ2v) is 6.18. The van der Waals surface area contributed by atoms with Gasteiger partial charge in [0.15, 0.2) is 0 Å². The van der Waals surface area contributed by atoms with Gasteiger partial charge in [0.05, 0.1) is 24.0 Å². The molecule has 0 radical (unpaired) electrons. The van der Waals surface area contributed by atoms with Gasteiger partial charge in [-0.25, -0.2) is 9.78 Å². The third kappa shape index (κ3) is 2.59. The van der Waals surface area contributed by atoms with Gasteiger partial charge in [0.25, 0.3) is 0 Å². The molecule has 8 nitrogen and oxygen atoms in total. The Bertz CT molecular complexity index is 994. The van der Waals surface area contributed by atoms with Gasteiger partial charge in [0.2, 0.25) is 5.95 Å². The van der Waals surface area contributed by atoms with Gasteiger partial charge in [-0.15, -0.1) is 0 Å². The molecule has 1 aliphatic heterocycles. The summed E-state index contributed by atoms with van der Waals surface area (Å²) in [4.78, 5) is 22.4. The Morgan fingerprint density at radius 1 is 1.35 bits per heavy atom. The van der Waals surface area contributed by atoms with Crippen molar-refractivity contribution in [1.29, 1.82) is 0 Å². The van der Waals surface area contributed by atoms with Crippen LogP contribution >= 0.6 is 0 Å². The van der Waals surface area contributed by atoms with E-state index in [-0.39, 0.29) is 0 Å². The number of carboxylic acid groups (broad SMARTS) is 1. The molecule has 0 saturated carbocycles. The van der Waals surface area contributed by atoms with E-state index >= 15 is 0 Å². The lowest BCUT2D eigenvalue weighted by molar-refractivity contribution is 0.209. The predicted octanol–water partition coefficient (Wildman–Crippen LogP) is 3.01. The van der Waals surface area contributed by atoms with Crippen molar-refractivity contribution in [2.45, 2.75) is 13.3 Å². The average Bonchev–Trinajstić information content (AvgIpc) is 2.94. The first-order chi connectivity index (χ1) is 12.6. The number of amides is 1. The molecule has 1 fully saturated rings. The van der Waals surface area contributed by atoms with E-state index in [1.807, 2.05) is 19.2 Å². The lowest BCUT2D eigenvalue weighted by Gasteiger charge is -2.31. The number of methoxy groups -OCH3 is 1. The smallest absolute Gasteiger partial charge is 0.409 e. The van der Waals surface area contributed by atoms with Crippen LogP contribution in [0.5, 0.6) is 5.75 Å². The third-order valence-corrected chi connectivity index (χ3v) is 4.57. The van der Waals surface area contributed by atoms with Crippen LogP contribution in [-0.4, -0.2) is 45.8 Å². The number of imidazole rings is 1. The number of anilines is 2. The van der Waals surface area contributed by atoms with Crippen LogP contribution < -0.4 is 15.0 Å². The first-order valence-corrected chi connectivity index (χ1v) is 8.35. The average molecular weight is 353 g/mol. The summed E-state index contributed by atoms with van der Waals surface area (Å²) in [5.41, 5.74) is 3.87. The van der Waals surface area contributed by atoms with E-state index in [9.17, 15) is 4.79 Å². The number of rotatable bonds is 4. The molecule has 1 aliphatic rings. The van der Waals surface area contributed by atoms with Crippen molar-refractivity contribution in [2.75, 3.05) is 30.4 Å². The largest absolute Gasteiger partial charge is 0.495 e. The number of hydrogen-bond donors (Lipinski definition) is 2. The Morgan fingerprint density at radius 3 is 2.81 bits per heavy atom. The number of aromatic nitrogens is 3. The van der Waals surface area contributed by atoms with Gasteiger partial charge >= 0.3 is 6.09 Å². The number of nitrogens with zero attached hydrogens (tertiary/aromatic N) is 4. The van der Waals surface area contributed by atoms with Crippen LogP contribution in [-0.2, 0) is 0 Å². The Hall–Kier alpha value is -3.29. The molecule has 0 spiro atoms. The quantitative estimate of drug-likeness (QED) is 0.749. The first kappa shape index (κ1) is 16.2. The maximum atomic E-state index is 10.9. The molecule has 0 unspecified atom stereocenters. The molecule has 26 heavy (non-hydrogen) atoms. The van der Waals surface area contributed by atoms with Crippen LogP contribution in [0.15, 0.2) is 30.6 Å². The maximum absolute atomic E-state index is 10.9. The van der Waals surface area contributed by atoms with Gasteiger partial charge in [0.1, 0.15) is 11.4 Å². The molecule has 2 aromatic heterocycles. The topological polar surface area (TPSA) is 92.0 Å². The third-order valence-electron chi connectivity index (χ3n) is 4.57. The highest BCUT2D eigenvalue weighted by molar-refractivity contribution is 5.88. The minimum atomic E-state index is -1.14. The molecule has 1 amide bonds. The van der Waals surface area contributed by atoms with Gasteiger partial charge in [-0.3, -0.25) is 14.7 Å². The van der Waals surface area contributed by atoms with Crippen molar-refractivity contribution in [1.82, 2.24) is 14.4 Å². The summed E-state index contributed by atoms with van der Waals surface area (Å²) in [6, 6.07) is 5.31.